The normalized spacial score (nSPS) is 28.6. The number of rotatable bonds is 3. The first-order valence-corrected chi connectivity index (χ1v) is 12.6. The second kappa shape index (κ2) is 9.24. The van der Waals surface area contributed by atoms with Gasteiger partial charge in [0.2, 0.25) is 11.8 Å². The van der Waals surface area contributed by atoms with E-state index in [1.807, 2.05) is 45.0 Å². The van der Waals surface area contributed by atoms with Gasteiger partial charge in [0.05, 0.1) is 0 Å². The summed E-state index contributed by atoms with van der Waals surface area (Å²) in [6.45, 7) is 3.03. The summed E-state index contributed by atoms with van der Waals surface area (Å²) >= 11 is 0. The van der Waals surface area contributed by atoms with Crippen molar-refractivity contribution < 1.29 is 14.4 Å². The summed E-state index contributed by atoms with van der Waals surface area (Å²) in [7, 11) is 0. The summed E-state index contributed by atoms with van der Waals surface area (Å²) in [5.74, 6) is 0.848. The molecule has 0 radical (unpaired) electrons. The number of likely N-dealkylation sites (tertiary alicyclic amines) is 3. The van der Waals surface area contributed by atoms with Gasteiger partial charge in [-0.2, -0.15) is 0 Å². The lowest BCUT2D eigenvalue weighted by molar-refractivity contribution is -0.142. The van der Waals surface area contributed by atoms with Crippen LogP contribution in [-0.2, 0) is 9.59 Å². The van der Waals surface area contributed by atoms with Crippen LogP contribution in [0, 0.1) is 11.8 Å². The number of amides is 3. The fraction of sp³-hybridized carbons (Fsp3) is 0.654. The van der Waals surface area contributed by atoms with Gasteiger partial charge >= 0.3 is 0 Å². The molecule has 1 aromatic rings. The summed E-state index contributed by atoms with van der Waals surface area (Å²) in [5, 5.41) is 0. The van der Waals surface area contributed by atoms with Crippen molar-refractivity contribution in [1.82, 2.24) is 14.7 Å². The molecule has 32 heavy (non-hydrogen) atoms. The Hall–Kier alpha value is -2.37. The molecule has 6 nitrogen and oxygen atoms in total. The van der Waals surface area contributed by atoms with Gasteiger partial charge in [0.15, 0.2) is 0 Å². The molecule has 5 rings (SSSR count). The molecule has 1 aliphatic carbocycles. The molecule has 1 aromatic carbocycles. The Morgan fingerprint density at radius 3 is 2.09 bits per heavy atom. The van der Waals surface area contributed by atoms with Crippen molar-refractivity contribution in [2.75, 3.05) is 26.2 Å². The smallest absolute Gasteiger partial charge is 0.254 e. The van der Waals surface area contributed by atoms with E-state index in [2.05, 4.69) is 0 Å². The molecule has 3 amide bonds. The predicted molar refractivity (Wildman–Crippen MR) is 122 cm³/mol. The molecule has 172 valence electrons. The highest BCUT2D eigenvalue weighted by atomic mass is 16.2. The van der Waals surface area contributed by atoms with Gasteiger partial charge in [-0.1, -0.05) is 31.0 Å². The summed E-state index contributed by atoms with van der Waals surface area (Å²) < 4.78 is 0. The molecule has 3 unspecified atom stereocenters. The Balaban J connectivity index is 1.28. The maximum absolute atomic E-state index is 13.7. The number of carbonyl (C=O) groups excluding carboxylic acids is 3. The van der Waals surface area contributed by atoms with Crippen LogP contribution in [0.1, 0.15) is 68.1 Å². The highest BCUT2D eigenvalue weighted by molar-refractivity contribution is 5.98. The van der Waals surface area contributed by atoms with Crippen molar-refractivity contribution in [2.24, 2.45) is 11.8 Å². The van der Waals surface area contributed by atoms with Gasteiger partial charge in [-0.05, 0) is 63.0 Å². The number of hydrogen-bond donors (Lipinski definition) is 0. The summed E-state index contributed by atoms with van der Waals surface area (Å²) in [5.41, 5.74) is 0.673. The Morgan fingerprint density at radius 1 is 0.719 bits per heavy atom. The van der Waals surface area contributed by atoms with Crippen molar-refractivity contribution in [1.29, 1.82) is 0 Å². The van der Waals surface area contributed by atoms with Crippen molar-refractivity contribution in [3.05, 3.63) is 35.9 Å². The Labute approximate surface area is 190 Å². The Bertz CT molecular complexity index is 843. The molecule has 6 heteroatoms. The van der Waals surface area contributed by atoms with E-state index in [0.29, 0.717) is 24.6 Å². The maximum atomic E-state index is 13.7. The van der Waals surface area contributed by atoms with Crippen molar-refractivity contribution in [3.63, 3.8) is 0 Å². The minimum absolute atomic E-state index is 0.00236. The molecule has 3 atom stereocenters. The molecule has 1 saturated carbocycles. The maximum Gasteiger partial charge on any atom is 0.254 e. The molecule has 3 aliphatic heterocycles. The summed E-state index contributed by atoms with van der Waals surface area (Å²) in [4.78, 5) is 45.8. The first-order valence-electron chi connectivity index (χ1n) is 12.6. The SMILES string of the molecule is O=C(C1CCN(C(=O)C2CC3CCCCC3N2C(=O)c2ccccc2)CC1)N1CCCC1. The zero-order valence-electron chi connectivity index (χ0n) is 19.0. The van der Waals surface area contributed by atoms with E-state index in [9.17, 15) is 14.4 Å². The number of hydrogen-bond acceptors (Lipinski definition) is 3. The topological polar surface area (TPSA) is 60.9 Å². The van der Waals surface area contributed by atoms with Crippen LogP contribution in [0.25, 0.3) is 0 Å². The van der Waals surface area contributed by atoms with E-state index in [1.165, 1.54) is 6.42 Å². The van der Waals surface area contributed by atoms with Gasteiger partial charge in [0.25, 0.3) is 5.91 Å². The van der Waals surface area contributed by atoms with Gasteiger partial charge in [0.1, 0.15) is 6.04 Å². The van der Waals surface area contributed by atoms with Gasteiger partial charge < -0.3 is 14.7 Å². The van der Waals surface area contributed by atoms with E-state index in [1.54, 1.807) is 0 Å². The quantitative estimate of drug-likeness (QED) is 0.729. The monoisotopic (exact) mass is 437 g/mol. The average molecular weight is 438 g/mol. The zero-order valence-corrected chi connectivity index (χ0v) is 19.0. The predicted octanol–water partition coefficient (Wildman–Crippen LogP) is 3.32. The molecule has 0 bridgehead atoms. The highest BCUT2D eigenvalue weighted by Crippen LogP contribution is 2.41. The van der Waals surface area contributed by atoms with Crippen LogP contribution in [0.3, 0.4) is 0 Å². The fourth-order valence-corrected chi connectivity index (χ4v) is 6.46. The highest BCUT2D eigenvalue weighted by Gasteiger charge is 2.49. The molecular weight excluding hydrogens is 402 g/mol. The van der Waals surface area contributed by atoms with Crippen LogP contribution in [0.5, 0.6) is 0 Å². The lowest BCUT2D eigenvalue weighted by Crippen LogP contribution is -2.53. The van der Waals surface area contributed by atoms with Gasteiger partial charge in [-0.15, -0.1) is 0 Å². The third-order valence-electron chi connectivity index (χ3n) is 8.20. The first kappa shape index (κ1) is 21.5. The van der Waals surface area contributed by atoms with E-state index in [-0.39, 0.29) is 35.7 Å². The summed E-state index contributed by atoms with van der Waals surface area (Å²) in [6.07, 6.45) is 8.93. The molecule has 3 saturated heterocycles. The van der Waals surface area contributed by atoms with Gasteiger partial charge in [0, 0.05) is 43.7 Å². The summed E-state index contributed by atoms with van der Waals surface area (Å²) in [6, 6.07) is 9.23. The first-order chi connectivity index (χ1) is 15.6. The number of fused-ring (bicyclic) bond motifs is 1. The average Bonchev–Trinajstić information content (AvgIpc) is 3.52. The molecule has 4 aliphatic rings. The number of nitrogens with zero attached hydrogens (tertiary/aromatic N) is 3. The molecule has 0 aromatic heterocycles. The Kier molecular flexibility index (Phi) is 6.20. The van der Waals surface area contributed by atoms with Crippen LogP contribution in [-0.4, -0.2) is 70.7 Å². The van der Waals surface area contributed by atoms with Gasteiger partial charge in [-0.25, -0.2) is 0 Å². The molecule has 4 fully saturated rings. The van der Waals surface area contributed by atoms with Crippen molar-refractivity contribution in [3.8, 4) is 0 Å². The molecule has 0 N–H and O–H groups in total. The van der Waals surface area contributed by atoms with Crippen LogP contribution in [0.2, 0.25) is 0 Å². The van der Waals surface area contributed by atoms with Crippen LogP contribution in [0.4, 0.5) is 0 Å². The minimum Gasteiger partial charge on any atom is -0.342 e. The van der Waals surface area contributed by atoms with E-state index in [4.69, 9.17) is 0 Å². The number of benzene rings is 1. The Morgan fingerprint density at radius 2 is 1.38 bits per heavy atom. The standard InChI is InChI=1S/C26H35N3O3/c30-24(27-14-6-7-15-27)20-12-16-28(17-13-20)26(32)23-18-21-10-4-5-11-22(21)29(23)25(31)19-8-2-1-3-9-19/h1-3,8-9,20-23H,4-7,10-18H2. The van der Waals surface area contributed by atoms with Crippen molar-refractivity contribution in [2.45, 2.75) is 69.9 Å². The second-order valence-corrected chi connectivity index (χ2v) is 10.1. The second-order valence-electron chi connectivity index (χ2n) is 10.1. The van der Waals surface area contributed by atoms with Crippen LogP contribution in [0.15, 0.2) is 30.3 Å². The molecule has 3 heterocycles. The van der Waals surface area contributed by atoms with Gasteiger partial charge in [-0.3, -0.25) is 14.4 Å². The molecule has 0 spiro atoms. The number of carbonyl (C=O) groups is 3. The lowest BCUT2D eigenvalue weighted by atomic mass is 9.84. The third kappa shape index (κ3) is 4.04. The van der Waals surface area contributed by atoms with E-state index < -0.39 is 0 Å². The zero-order chi connectivity index (χ0) is 22.1. The van der Waals surface area contributed by atoms with Crippen LogP contribution < -0.4 is 0 Å². The van der Waals surface area contributed by atoms with E-state index in [0.717, 1.165) is 64.5 Å². The van der Waals surface area contributed by atoms with Crippen molar-refractivity contribution >= 4 is 17.7 Å². The van der Waals surface area contributed by atoms with E-state index >= 15 is 0 Å². The van der Waals surface area contributed by atoms with Crippen LogP contribution >= 0.6 is 0 Å². The fourth-order valence-electron chi connectivity index (χ4n) is 6.46. The lowest BCUT2D eigenvalue weighted by Gasteiger charge is -2.38. The molecular formula is C26H35N3O3. The number of piperidine rings is 1. The largest absolute Gasteiger partial charge is 0.342 e. The minimum atomic E-state index is -0.360. The third-order valence-corrected chi connectivity index (χ3v) is 8.20.